The van der Waals surface area contributed by atoms with Gasteiger partial charge in [0, 0.05) is 10.4 Å². The standard InChI is InChI=1S/C20H16ClN5O4S/c1-2-29-19(28)18-17(14-5-3-4-6-15(14)30-18)22-16(27)11-31-20-23-24-25-26(20)13-9-7-12(21)8-10-13/h3-10H,2,11H2,1H3,(H,22,27). The Morgan fingerprint density at radius 3 is 2.74 bits per heavy atom. The fraction of sp³-hybridized carbons (Fsp3) is 0.150. The van der Waals surface area contributed by atoms with Crippen LogP contribution in [0.1, 0.15) is 17.5 Å². The zero-order valence-corrected chi connectivity index (χ0v) is 17.8. The van der Waals surface area contributed by atoms with E-state index in [1.807, 2.05) is 0 Å². The molecule has 4 rings (SSSR count). The van der Waals surface area contributed by atoms with Gasteiger partial charge in [0.2, 0.25) is 16.8 Å². The van der Waals surface area contributed by atoms with Gasteiger partial charge in [-0.2, -0.15) is 4.68 Å². The summed E-state index contributed by atoms with van der Waals surface area (Å²) in [7, 11) is 0. The Bertz CT molecular complexity index is 1240. The molecule has 0 unspecified atom stereocenters. The van der Waals surface area contributed by atoms with Crippen LogP contribution in [0.2, 0.25) is 5.02 Å². The maximum absolute atomic E-state index is 12.7. The molecule has 0 aliphatic carbocycles. The number of fused-ring (bicyclic) bond motifs is 1. The first kappa shape index (κ1) is 20.9. The molecule has 0 radical (unpaired) electrons. The number of amides is 1. The molecular weight excluding hydrogens is 442 g/mol. The van der Waals surface area contributed by atoms with Crippen LogP contribution in [0.25, 0.3) is 16.7 Å². The van der Waals surface area contributed by atoms with Gasteiger partial charge in [-0.25, -0.2) is 4.79 Å². The number of thioether (sulfide) groups is 1. The number of aromatic nitrogens is 4. The number of rotatable bonds is 7. The third-order valence-corrected chi connectivity index (χ3v) is 5.34. The van der Waals surface area contributed by atoms with E-state index in [0.29, 0.717) is 26.8 Å². The number of halogens is 1. The average molecular weight is 458 g/mol. The minimum atomic E-state index is -0.645. The molecule has 0 atom stereocenters. The summed E-state index contributed by atoms with van der Waals surface area (Å²) in [6.45, 7) is 1.88. The summed E-state index contributed by atoms with van der Waals surface area (Å²) in [5, 5.41) is 16.0. The van der Waals surface area contributed by atoms with Crippen molar-refractivity contribution < 1.29 is 18.7 Å². The second kappa shape index (κ2) is 9.19. The minimum Gasteiger partial charge on any atom is -0.460 e. The summed E-state index contributed by atoms with van der Waals surface area (Å²) in [5.41, 5.74) is 1.46. The molecule has 0 spiro atoms. The third kappa shape index (κ3) is 4.54. The fourth-order valence-electron chi connectivity index (χ4n) is 2.83. The summed E-state index contributed by atoms with van der Waals surface area (Å²) in [6, 6.07) is 14.0. The fourth-order valence-corrected chi connectivity index (χ4v) is 3.65. The summed E-state index contributed by atoms with van der Waals surface area (Å²) in [6.07, 6.45) is 0. The number of hydrogen-bond donors (Lipinski definition) is 1. The number of esters is 1. The Labute approximate surface area is 185 Å². The van der Waals surface area contributed by atoms with E-state index in [1.54, 1.807) is 55.5 Å². The van der Waals surface area contributed by atoms with Crippen LogP contribution >= 0.6 is 23.4 Å². The molecule has 0 saturated carbocycles. The van der Waals surface area contributed by atoms with Crippen LogP contribution in [-0.4, -0.2) is 44.4 Å². The number of benzene rings is 2. The largest absolute Gasteiger partial charge is 0.460 e. The first-order valence-corrected chi connectivity index (χ1v) is 10.6. The molecule has 1 amide bonds. The Balaban J connectivity index is 1.51. The predicted molar refractivity (Wildman–Crippen MR) is 116 cm³/mol. The lowest BCUT2D eigenvalue weighted by Gasteiger charge is -2.07. The predicted octanol–water partition coefficient (Wildman–Crippen LogP) is 3.97. The molecule has 4 aromatic rings. The Morgan fingerprint density at radius 1 is 1.19 bits per heavy atom. The summed E-state index contributed by atoms with van der Waals surface area (Å²) in [5.74, 6) is -1.04. The molecule has 1 N–H and O–H groups in total. The summed E-state index contributed by atoms with van der Waals surface area (Å²) >= 11 is 7.07. The summed E-state index contributed by atoms with van der Waals surface area (Å²) < 4.78 is 12.2. The average Bonchev–Trinajstić information content (AvgIpc) is 3.38. The highest BCUT2D eigenvalue weighted by molar-refractivity contribution is 7.99. The van der Waals surface area contributed by atoms with E-state index in [1.165, 1.54) is 4.68 Å². The number of ether oxygens (including phenoxy) is 1. The van der Waals surface area contributed by atoms with Gasteiger partial charge in [-0.3, -0.25) is 4.79 Å². The molecule has 0 saturated heterocycles. The number of anilines is 1. The van der Waals surface area contributed by atoms with E-state index in [2.05, 4.69) is 20.8 Å². The first-order chi connectivity index (χ1) is 15.1. The molecule has 9 nitrogen and oxygen atoms in total. The van der Waals surface area contributed by atoms with Crippen LogP contribution in [-0.2, 0) is 9.53 Å². The van der Waals surface area contributed by atoms with Gasteiger partial charge in [0.1, 0.15) is 11.3 Å². The van der Waals surface area contributed by atoms with Gasteiger partial charge in [-0.15, -0.1) is 5.10 Å². The molecule has 2 heterocycles. The SMILES string of the molecule is CCOC(=O)c1oc2ccccc2c1NC(=O)CSc1nnnn1-c1ccc(Cl)cc1. The van der Waals surface area contributed by atoms with Gasteiger partial charge in [0.05, 0.1) is 18.0 Å². The van der Waals surface area contributed by atoms with E-state index in [-0.39, 0.29) is 29.7 Å². The van der Waals surface area contributed by atoms with Crippen molar-refractivity contribution in [2.45, 2.75) is 12.1 Å². The van der Waals surface area contributed by atoms with Crippen molar-refractivity contribution >= 4 is 51.9 Å². The lowest BCUT2D eigenvalue weighted by Crippen LogP contribution is -2.17. The van der Waals surface area contributed by atoms with Crippen molar-refractivity contribution in [3.63, 3.8) is 0 Å². The smallest absolute Gasteiger partial charge is 0.376 e. The quantitative estimate of drug-likeness (QED) is 0.327. The van der Waals surface area contributed by atoms with Crippen LogP contribution in [0.15, 0.2) is 58.1 Å². The van der Waals surface area contributed by atoms with Crippen LogP contribution < -0.4 is 5.32 Å². The van der Waals surface area contributed by atoms with Crippen molar-refractivity contribution in [1.29, 1.82) is 0 Å². The Morgan fingerprint density at radius 2 is 1.97 bits per heavy atom. The third-order valence-electron chi connectivity index (χ3n) is 4.17. The number of hydrogen-bond acceptors (Lipinski definition) is 8. The Kier molecular flexibility index (Phi) is 6.19. The van der Waals surface area contributed by atoms with Crippen LogP contribution in [0.4, 0.5) is 5.69 Å². The zero-order chi connectivity index (χ0) is 21.8. The highest BCUT2D eigenvalue weighted by Gasteiger charge is 2.23. The van der Waals surface area contributed by atoms with Gasteiger partial charge >= 0.3 is 5.97 Å². The highest BCUT2D eigenvalue weighted by atomic mass is 35.5. The van der Waals surface area contributed by atoms with Gasteiger partial charge in [-0.05, 0) is 53.7 Å². The maximum atomic E-state index is 12.7. The van der Waals surface area contributed by atoms with Crippen molar-refractivity contribution in [2.24, 2.45) is 0 Å². The molecule has 0 aliphatic rings. The number of para-hydroxylation sites is 1. The number of carbonyl (C=O) groups excluding carboxylic acids is 2. The lowest BCUT2D eigenvalue weighted by molar-refractivity contribution is -0.113. The molecule has 2 aromatic heterocycles. The summed E-state index contributed by atoms with van der Waals surface area (Å²) in [4.78, 5) is 24.9. The highest BCUT2D eigenvalue weighted by Crippen LogP contribution is 2.32. The Hall–Kier alpha value is -3.37. The molecule has 0 bridgehead atoms. The van der Waals surface area contributed by atoms with E-state index < -0.39 is 5.97 Å². The van der Waals surface area contributed by atoms with Gasteiger partial charge in [-0.1, -0.05) is 35.5 Å². The number of carbonyl (C=O) groups is 2. The lowest BCUT2D eigenvalue weighted by atomic mass is 10.2. The molecule has 2 aromatic carbocycles. The van der Waals surface area contributed by atoms with Crippen LogP contribution in [0.5, 0.6) is 0 Å². The zero-order valence-electron chi connectivity index (χ0n) is 16.2. The van der Waals surface area contributed by atoms with Crippen LogP contribution in [0, 0.1) is 0 Å². The second-order valence-electron chi connectivity index (χ2n) is 6.21. The first-order valence-electron chi connectivity index (χ1n) is 9.22. The number of nitrogens with zero attached hydrogens (tertiary/aromatic N) is 4. The van der Waals surface area contributed by atoms with Crippen LogP contribution in [0.3, 0.4) is 0 Å². The molecular formula is C20H16ClN5O4S. The van der Waals surface area contributed by atoms with E-state index in [9.17, 15) is 9.59 Å². The topological polar surface area (TPSA) is 112 Å². The molecule has 158 valence electrons. The number of tetrazole rings is 1. The number of nitrogens with one attached hydrogen (secondary N) is 1. The van der Waals surface area contributed by atoms with Gasteiger partial charge in [0.25, 0.3) is 0 Å². The van der Waals surface area contributed by atoms with E-state index in [0.717, 1.165) is 11.8 Å². The van der Waals surface area contributed by atoms with E-state index in [4.69, 9.17) is 20.8 Å². The second-order valence-corrected chi connectivity index (χ2v) is 7.59. The van der Waals surface area contributed by atoms with E-state index >= 15 is 0 Å². The molecule has 31 heavy (non-hydrogen) atoms. The van der Waals surface area contributed by atoms with Crippen molar-refractivity contribution in [1.82, 2.24) is 20.2 Å². The molecule has 0 aliphatic heterocycles. The molecule has 11 heteroatoms. The van der Waals surface area contributed by atoms with Gasteiger partial charge < -0.3 is 14.5 Å². The minimum absolute atomic E-state index is 0.00966. The monoisotopic (exact) mass is 457 g/mol. The van der Waals surface area contributed by atoms with Gasteiger partial charge in [0.15, 0.2) is 0 Å². The maximum Gasteiger partial charge on any atom is 0.376 e. The van der Waals surface area contributed by atoms with Crippen molar-refractivity contribution in [3.05, 3.63) is 59.3 Å². The normalized spacial score (nSPS) is 10.9. The molecule has 0 fully saturated rings. The number of furan rings is 1. The van der Waals surface area contributed by atoms with Crippen molar-refractivity contribution in [3.8, 4) is 5.69 Å². The van der Waals surface area contributed by atoms with Crippen molar-refractivity contribution in [2.75, 3.05) is 17.7 Å².